The van der Waals surface area contributed by atoms with E-state index < -0.39 is 36.8 Å². The number of alkyl halides is 5. The second kappa shape index (κ2) is 5.56. The number of rotatable bonds is 1. The lowest BCUT2D eigenvalue weighted by molar-refractivity contribution is -0.154. The lowest BCUT2D eigenvalue weighted by Gasteiger charge is -2.51. The van der Waals surface area contributed by atoms with Gasteiger partial charge < -0.3 is 4.74 Å². The molecule has 0 aromatic heterocycles. The zero-order chi connectivity index (χ0) is 19.1. The Kier molecular flexibility index (Phi) is 4.05. The van der Waals surface area contributed by atoms with E-state index in [2.05, 4.69) is 0 Å². The summed E-state index contributed by atoms with van der Waals surface area (Å²) in [5.41, 5.74) is -0.223. The minimum Gasteiger partial charge on any atom is -0.391 e. The van der Waals surface area contributed by atoms with Crippen molar-refractivity contribution in [2.45, 2.75) is 19.5 Å². The largest absolute Gasteiger partial charge is 0.391 e. The van der Waals surface area contributed by atoms with E-state index in [9.17, 15) is 9.59 Å². The van der Waals surface area contributed by atoms with E-state index in [4.69, 9.17) is 74.3 Å². The van der Waals surface area contributed by atoms with Gasteiger partial charge in [-0.05, 0) is 17.2 Å². The molecule has 0 saturated carbocycles. The van der Waals surface area contributed by atoms with Crippen molar-refractivity contribution in [1.82, 2.24) is 0 Å². The zero-order valence-corrected chi connectivity index (χ0v) is 17.1. The zero-order valence-electron chi connectivity index (χ0n) is 12.6. The first kappa shape index (κ1) is 18.9. The third-order valence-corrected chi connectivity index (χ3v) is 9.17. The van der Waals surface area contributed by atoms with Gasteiger partial charge in [0, 0.05) is 5.92 Å². The van der Waals surface area contributed by atoms with Gasteiger partial charge in [0.15, 0.2) is 13.5 Å². The van der Waals surface area contributed by atoms with Crippen molar-refractivity contribution in [3.05, 3.63) is 52.6 Å². The number of carbonyl (C=O) groups is 2. The monoisotopic (exact) mass is 470 g/mol. The number of carbonyl (C=O) groups excluding carboxylic acids is 2. The molecule has 0 amide bonds. The van der Waals surface area contributed by atoms with Crippen molar-refractivity contribution in [3.8, 4) is 0 Å². The fourth-order valence-corrected chi connectivity index (χ4v) is 5.83. The Bertz CT molecular complexity index is 921. The summed E-state index contributed by atoms with van der Waals surface area (Å²) in [7, 11) is 0. The van der Waals surface area contributed by atoms with Crippen LogP contribution in [0.5, 0.6) is 0 Å². The van der Waals surface area contributed by atoms with Crippen molar-refractivity contribution in [2.24, 2.45) is 5.41 Å². The summed E-state index contributed by atoms with van der Waals surface area (Å²) in [5, 5.41) is -0.216. The molecule has 1 heterocycles. The molecule has 4 rings (SSSR count). The highest BCUT2D eigenvalue weighted by Crippen LogP contribution is 2.71. The average Bonchev–Trinajstić information content (AvgIpc) is 3.08. The minimum atomic E-state index is -2.36. The van der Waals surface area contributed by atoms with Crippen molar-refractivity contribution in [3.63, 3.8) is 0 Å². The third kappa shape index (κ3) is 1.90. The fraction of sp³-hybridized carbons (Fsp3) is 0.294. The molecule has 3 nitrogen and oxygen atoms in total. The molecule has 0 N–H and O–H groups in total. The van der Waals surface area contributed by atoms with Crippen LogP contribution in [0.15, 0.2) is 41.4 Å². The van der Waals surface area contributed by atoms with E-state index in [1.165, 1.54) is 6.08 Å². The Labute approximate surface area is 178 Å². The Morgan fingerprint density at radius 2 is 1.62 bits per heavy atom. The number of benzene rings is 1. The molecule has 3 aliphatic rings. The molecule has 9 heteroatoms. The van der Waals surface area contributed by atoms with Crippen LogP contribution in [0.4, 0.5) is 0 Å². The van der Waals surface area contributed by atoms with Crippen LogP contribution < -0.4 is 0 Å². The fourth-order valence-electron chi connectivity index (χ4n) is 3.83. The topological polar surface area (TPSA) is 43.4 Å². The van der Waals surface area contributed by atoms with Crippen molar-refractivity contribution in [2.75, 3.05) is 0 Å². The predicted octanol–water partition coefficient (Wildman–Crippen LogP) is 5.33. The van der Waals surface area contributed by atoms with Crippen LogP contribution in [0.2, 0.25) is 0 Å². The first-order chi connectivity index (χ1) is 12.0. The molecule has 26 heavy (non-hydrogen) atoms. The molecule has 1 aliphatic heterocycles. The van der Waals surface area contributed by atoms with E-state index in [1.807, 2.05) is 12.1 Å². The highest BCUT2D eigenvalue weighted by atomic mass is 35.5. The van der Waals surface area contributed by atoms with Gasteiger partial charge in [0.25, 0.3) is 0 Å². The summed E-state index contributed by atoms with van der Waals surface area (Å²) in [6.45, 7) is 0. The average molecular weight is 473 g/mol. The Morgan fingerprint density at radius 3 is 2.31 bits per heavy atom. The number of halogens is 6. The van der Waals surface area contributed by atoms with E-state index >= 15 is 0 Å². The van der Waals surface area contributed by atoms with Gasteiger partial charge in [-0.3, -0.25) is 4.79 Å². The highest BCUT2D eigenvalue weighted by Gasteiger charge is 2.84. The molecular formula is C17H8Cl6O3. The normalized spacial score (nSPS) is 36.4. The Morgan fingerprint density at radius 1 is 0.962 bits per heavy atom. The minimum absolute atomic E-state index is 0.216. The van der Waals surface area contributed by atoms with Gasteiger partial charge in [-0.1, -0.05) is 94.4 Å². The van der Waals surface area contributed by atoms with Gasteiger partial charge in [-0.2, -0.15) is 0 Å². The van der Waals surface area contributed by atoms with Crippen molar-refractivity contribution < 1.29 is 14.3 Å². The smallest absolute Gasteiger partial charge is 0.339 e. The summed E-state index contributed by atoms with van der Waals surface area (Å²) in [4.78, 5) is 23.3. The lowest BCUT2D eigenvalue weighted by Crippen LogP contribution is -2.67. The SMILES string of the molecule is O=C1OC(=O)C2(Cl)C1(C1C=Cc3ccccc31)C=C(Cl)C(Cl)(Cl)C2(Cl)Cl. The number of esters is 2. The van der Waals surface area contributed by atoms with Crippen LogP contribution in [0.1, 0.15) is 17.0 Å². The first-order valence-electron chi connectivity index (χ1n) is 7.39. The molecule has 1 aromatic rings. The molecule has 0 bridgehead atoms. The molecule has 1 aromatic carbocycles. The standard InChI is InChI=1S/C17H8Cl6O3/c18-11-7-14(10-6-5-8-3-1-2-4-9(8)10)12(24)26-13(25)15(14,19)17(22,23)16(11,20)21/h1-7,10H. The molecule has 0 radical (unpaired) electrons. The maximum atomic E-state index is 12.9. The highest BCUT2D eigenvalue weighted by molar-refractivity contribution is 6.71. The molecule has 3 unspecified atom stereocenters. The van der Waals surface area contributed by atoms with Crippen molar-refractivity contribution >= 4 is 87.6 Å². The van der Waals surface area contributed by atoms with Crippen LogP contribution in [-0.4, -0.2) is 25.5 Å². The van der Waals surface area contributed by atoms with Gasteiger partial charge in [0.2, 0.25) is 0 Å². The summed E-state index contributed by atoms with van der Waals surface area (Å²) in [6, 6.07) is 7.30. The van der Waals surface area contributed by atoms with Crippen LogP contribution in [0.25, 0.3) is 6.08 Å². The molecule has 0 spiro atoms. The van der Waals surface area contributed by atoms with E-state index in [1.54, 1.807) is 24.3 Å². The molecular weight excluding hydrogens is 465 g/mol. The molecule has 3 atom stereocenters. The van der Waals surface area contributed by atoms with E-state index in [-0.39, 0.29) is 5.03 Å². The van der Waals surface area contributed by atoms with Crippen LogP contribution in [-0.2, 0) is 14.3 Å². The van der Waals surface area contributed by atoms with E-state index in [0.717, 1.165) is 11.1 Å². The van der Waals surface area contributed by atoms with Gasteiger partial charge in [0.1, 0.15) is 5.41 Å². The number of allylic oxidation sites excluding steroid dienone is 2. The van der Waals surface area contributed by atoms with Crippen LogP contribution >= 0.6 is 69.6 Å². The number of fused-ring (bicyclic) bond motifs is 2. The van der Waals surface area contributed by atoms with E-state index in [0.29, 0.717) is 0 Å². The van der Waals surface area contributed by atoms with Crippen molar-refractivity contribution in [1.29, 1.82) is 0 Å². The third-order valence-electron chi connectivity index (χ3n) is 5.15. The second-order valence-electron chi connectivity index (χ2n) is 6.31. The Balaban J connectivity index is 2.08. The maximum absolute atomic E-state index is 12.9. The van der Waals surface area contributed by atoms with Gasteiger partial charge >= 0.3 is 11.9 Å². The summed E-state index contributed by atoms with van der Waals surface area (Å²) < 4.78 is 0.400. The molecule has 1 fully saturated rings. The summed E-state index contributed by atoms with van der Waals surface area (Å²) >= 11 is 38.3. The quantitative estimate of drug-likeness (QED) is 0.315. The predicted molar refractivity (Wildman–Crippen MR) is 103 cm³/mol. The number of cyclic esters (lactones) is 2. The number of hydrogen-bond donors (Lipinski definition) is 0. The summed E-state index contributed by atoms with van der Waals surface area (Å²) in [6.07, 6.45) is 4.77. The molecule has 136 valence electrons. The number of hydrogen-bond acceptors (Lipinski definition) is 3. The molecule has 2 aliphatic carbocycles. The van der Waals surface area contributed by atoms with Gasteiger partial charge in [-0.15, -0.1) is 11.6 Å². The van der Waals surface area contributed by atoms with Gasteiger partial charge in [-0.25, -0.2) is 4.79 Å². The maximum Gasteiger partial charge on any atom is 0.339 e. The second-order valence-corrected chi connectivity index (χ2v) is 9.94. The van der Waals surface area contributed by atoms with Crippen LogP contribution in [0.3, 0.4) is 0 Å². The van der Waals surface area contributed by atoms with Gasteiger partial charge in [0.05, 0.1) is 5.03 Å². The first-order valence-corrected chi connectivity index (χ1v) is 9.66. The number of ether oxygens (including phenoxy) is 1. The lowest BCUT2D eigenvalue weighted by atomic mass is 9.61. The Hall–Kier alpha value is -0.420. The summed E-state index contributed by atoms with van der Waals surface area (Å²) in [5.74, 6) is -2.75. The van der Waals surface area contributed by atoms with Crippen LogP contribution in [0, 0.1) is 5.41 Å². The molecule has 1 saturated heterocycles.